The van der Waals surface area contributed by atoms with Crippen molar-refractivity contribution < 1.29 is 4.79 Å². The number of hydrogen-bond acceptors (Lipinski definition) is 3. The lowest BCUT2D eigenvalue weighted by molar-refractivity contribution is -0.136. The number of piperidine rings is 1. The van der Waals surface area contributed by atoms with Crippen LogP contribution in [0.25, 0.3) is 0 Å². The number of carbonyl (C=O) groups excluding carboxylic acids is 1. The van der Waals surface area contributed by atoms with Crippen LogP contribution in [0.15, 0.2) is 12.3 Å². The number of aromatic nitrogens is 2. The molecular formula is C13H24Cl2N4O. The Hall–Kier alpha value is -0.780. The van der Waals surface area contributed by atoms with Crippen molar-refractivity contribution >= 4 is 30.7 Å². The molecule has 0 radical (unpaired) electrons. The Morgan fingerprint density at radius 2 is 2.00 bits per heavy atom. The molecule has 3 N–H and O–H groups in total. The lowest BCUT2D eigenvalue weighted by Crippen LogP contribution is -2.45. The standard InChI is InChI=1S/C13H22N4O.2ClH/c1-9(10(2)14)13(18)17-7-4-11(5-8-17)12-3-6-15-16-12;;/h3,6,9-11H,4-5,7-8,14H2,1-2H3,(H,15,16);2*1H. The molecule has 0 spiro atoms. The summed E-state index contributed by atoms with van der Waals surface area (Å²) >= 11 is 0. The van der Waals surface area contributed by atoms with Crippen molar-refractivity contribution in [2.75, 3.05) is 13.1 Å². The average molecular weight is 323 g/mol. The number of nitrogens with one attached hydrogen (secondary N) is 1. The minimum absolute atomic E-state index is 0. The van der Waals surface area contributed by atoms with Gasteiger partial charge >= 0.3 is 0 Å². The van der Waals surface area contributed by atoms with Gasteiger partial charge in [-0.3, -0.25) is 9.89 Å². The third-order valence-electron chi connectivity index (χ3n) is 3.95. The monoisotopic (exact) mass is 322 g/mol. The Morgan fingerprint density at radius 3 is 2.45 bits per heavy atom. The molecule has 1 aliphatic heterocycles. The van der Waals surface area contributed by atoms with Gasteiger partial charge in [-0.05, 0) is 25.8 Å². The molecule has 1 saturated heterocycles. The van der Waals surface area contributed by atoms with Crippen molar-refractivity contribution in [3.63, 3.8) is 0 Å². The predicted molar refractivity (Wildman–Crippen MR) is 84.5 cm³/mol. The number of nitrogens with zero attached hydrogens (tertiary/aromatic N) is 2. The molecule has 0 bridgehead atoms. The van der Waals surface area contributed by atoms with Crippen molar-refractivity contribution in [1.82, 2.24) is 15.1 Å². The smallest absolute Gasteiger partial charge is 0.226 e. The van der Waals surface area contributed by atoms with Crippen LogP contribution in [0.3, 0.4) is 0 Å². The Bertz CT molecular complexity index is 389. The molecule has 7 heteroatoms. The molecule has 5 nitrogen and oxygen atoms in total. The third kappa shape index (κ3) is 4.36. The summed E-state index contributed by atoms with van der Waals surface area (Å²) in [6, 6.07) is 1.94. The number of likely N-dealkylation sites (tertiary alicyclic amines) is 1. The van der Waals surface area contributed by atoms with Gasteiger partial charge in [-0.1, -0.05) is 6.92 Å². The predicted octanol–water partition coefficient (Wildman–Crippen LogP) is 1.94. The number of amides is 1. The first kappa shape index (κ1) is 19.2. The lowest BCUT2D eigenvalue weighted by Gasteiger charge is -2.33. The lowest BCUT2D eigenvalue weighted by atomic mass is 9.92. The second-order valence-corrected chi connectivity index (χ2v) is 5.26. The molecule has 1 aromatic rings. The van der Waals surface area contributed by atoms with E-state index in [1.165, 1.54) is 5.69 Å². The Balaban J connectivity index is 0.00000180. The molecule has 0 aromatic carbocycles. The van der Waals surface area contributed by atoms with Crippen molar-refractivity contribution in [3.8, 4) is 0 Å². The van der Waals surface area contributed by atoms with Gasteiger partial charge in [0.25, 0.3) is 0 Å². The van der Waals surface area contributed by atoms with E-state index in [-0.39, 0.29) is 42.7 Å². The molecule has 20 heavy (non-hydrogen) atoms. The summed E-state index contributed by atoms with van der Waals surface area (Å²) in [6.45, 7) is 5.44. The molecule has 0 aliphatic carbocycles. The zero-order chi connectivity index (χ0) is 13.1. The number of aromatic amines is 1. The van der Waals surface area contributed by atoms with Gasteiger partial charge in [0.15, 0.2) is 0 Å². The van der Waals surface area contributed by atoms with Crippen LogP contribution in [0.1, 0.15) is 38.3 Å². The highest BCUT2D eigenvalue weighted by Gasteiger charge is 2.28. The van der Waals surface area contributed by atoms with E-state index in [1.54, 1.807) is 6.20 Å². The molecule has 2 unspecified atom stereocenters. The topological polar surface area (TPSA) is 75.0 Å². The first-order chi connectivity index (χ1) is 8.59. The number of carbonyl (C=O) groups is 1. The second-order valence-electron chi connectivity index (χ2n) is 5.26. The van der Waals surface area contributed by atoms with Crippen LogP contribution in [0.2, 0.25) is 0 Å². The molecule has 2 atom stereocenters. The second kappa shape index (κ2) is 8.49. The van der Waals surface area contributed by atoms with Gasteiger partial charge in [0, 0.05) is 36.9 Å². The number of rotatable bonds is 3. The van der Waals surface area contributed by atoms with Crippen molar-refractivity contribution in [3.05, 3.63) is 18.0 Å². The van der Waals surface area contributed by atoms with Gasteiger partial charge in [-0.25, -0.2) is 0 Å². The number of nitrogens with two attached hydrogens (primary N) is 1. The maximum absolute atomic E-state index is 12.2. The van der Waals surface area contributed by atoms with Crippen LogP contribution in [0.5, 0.6) is 0 Å². The molecular weight excluding hydrogens is 299 g/mol. The first-order valence-corrected chi connectivity index (χ1v) is 6.63. The summed E-state index contributed by atoms with van der Waals surface area (Å²) in [5, 5.41) is 7.00. The first-order valence-electron chi connectivity index (χ1n) is 6.63. The maximum atomic E-state index is 12.2. The zero-order valence-corrected chi connectivity index (χ0v) is 13.5. The summed E-state index contributed by atoms with van der Waals surface area (Å²) in [5.41, 5.74) is 6.97. The molecule has 1 aliphatic rings. The van der Waals surface area contributed by atoms with E-state index in [9.17, 15) is 4.79 Å². The van der Waals surface area contributed by atoms with Crippen molar-refractivity contribution in [2.24, 2.45) is 11.7 Å². The van der Waals surface area contributed by atoms with E-state index in [4.69, 9.17) is 5.73 Å². The summed E-state index contributed by atoms with van der Waals surface area (Å²) in [7, 11) is 0. The van der Waals surface area contributed by atoms with E-state index >= 15 is 0 Å². The Labute approximate surface area is 132 Å². The van der Waals surface area contributed by atoms with Crippen LogP contribution in [0.4, 0.5) is 0 Å². The minimum atomic E-state index is -0.0892. The molecule has 1 aromatic heterocycles. The summed E-state index contributed by atoms with van der Waals surface area (Å²) in [4.78, 5) is 14.1. The molecule has 2 rings (SSSR count). The number of H-pyrrole nitrogens is 1. The highest BCUT2D eigenvalue weighted by atomic mass is 35.5. The van der Waals surface area contributed by atoms with Gasteiger partial charge in [0.1, 0.15) is 0 Å². The SMILES string of the molecule is CC(N)C(C)C(=O)N1CCC(c2ccn[nH]2)CC1.Cl.Cl. The van der Waals surface area contributed by atoms with Gasteiger partial charge in [0.05, 0.1) is 5.92 Å². The number of halogens is 2. The zero-order valence-electron chi connectivity index (χ0n) is 11.9. The fourth-order valence-electron chi connectivity index (χ4n) is 2.42. The maximum Gasteiger partial charge on any atom is 0.226 e. The molecule has 0 saturated carbocycles. The van der Waals surface area contributed by atoms with Gasteiger partial charge < -0.3 is 10.6 Å². The fourth-order valence-corrected chi connectivity index (χ4v) is 2.42. The fraction of sp³-hybridized carbons (Fsp3) is 0.692. The van der Waals surface area contributed by atoms with Gasteiger partial charge in [-0.2, -0.15) is 5.10 Å². The normalized spacial score (nSPS) is 18.6. The largest absolute Gasteiger partial charge is 0.342 e. The quantitative estimate of drug-likeness (QED) is 0.893. The van der Waals surface area contributed by atoms with E-state index in [0.29, 0.717) is 5.92 Å². The highest BCUT2D eigenvalue weighted by Crippen LogP contribution is 2.27. The van der Waals surface area contributed by atoms with Crippen LogP contribution < -0.4 is 5.73 Å². The highest BCUT2D eigenvalue weighted by molar-refractivity contribution is 5.85. The summed E-state index contributed by atoms with van der Waals surface area (Å²) in [5.74, 6) is 0.601. The summed E-state index contributed by atoms with van der Waals surface area (Å²) < 4.78 is 0. The van der Waals surface area contributed by atoms with Crippen LogP contribution in [0, 0.1) is 5.92 Å². The molecule has 1 fully saturated rings. The van der Waals surface area contributed by atoms with E-state index in [2.05, 4.69) is 10.2 Å². The molecule has 2 heterocycles. The van der Waals surface area contributed by atoms with Gasteiger partial charge in [-0.15, -0.1) is 24.8 Å². The number of hydrogen-bond donors (Lipinski definition) is 2. The minimum Gasteiger partial charge on any atom is -0.342 e. The summed E-state index contributed by atoms with van der Waals surface area (Å²) in [6.07, 6.45) is 3.78. The van der Waals surface area contributed by atoms with Crippen molar-refractivity contribution in [1.29, 1.82) is 0 Å². The van der Waals surface area contributed by atoms with Crippen LogP contribution >= 0.6 is 24.8 Å². The van der Waals surface area contributed by atoms with Gasteiger partial charge in [0.2, 0.25) is 5.91 Å². The van der Waals surface area contributed by atoms with E-state index < -0.39 is 0 Å². The molecule has 1 amide bonds. The third-order valence-corrected chi connectivity index (χ3v) is 3.95. The van der Waals surface area contributed by atoms with Crippen LogP contribution in [-0.2, 0) is 4.79 Å². The average Bonchev–Trinajstić information content (AvgIpc) is 2.91. The Kier molecular flexibility index (Phi) is 8.16. The van der Waals surface area contributed by atoms with Crippen LogP contribution in [-0.4, -0.2) is 40.1 Å². The van der Waals surface area contributed by atoms with E-state index in [1.807, 2.05) is 24.8 Å². The molecule has 116 valence electrons. The van der Waals surface area contributed by atoms with Crippen molar-refractivity contribution in [2.45, 2.75) is 38.6 Å². The van der Waals surface area contributed by atoms with E-state index in [0.717, 1.165) is 25.9 Å². The Morgan fingerprint density at radius 1 is 1.40 bits per heavy atom.